The molecule has 8 nitrogen and oxygen atoms in total. The number of H-pyrrole nitrogens is 3. The predicted molar refractivity (Wildman–Crippen MR) is 69.5 cm³/mol. The molecule has 0 saturated carbocycles. The predicted octanol–water partition coefficient (Wildman–Crippen LogP) is -1.21. The van der Waals surface area contributed by atoms with E-state index in [0.717, 1.165) is 0 Å². The van der Waals surface area contributed by atoms with Crippen LogP contribution in [0.3, 0.4) is 0 Å². The molecule has 0 aliphatic rings. The van der Waals surface area contributed by atoms with Crippen LogP contribution in [-0.4, -0.2) is 19.9 Å². The summed E-state index contributed by atoms with van der Waals surface area (Å²) < 4.78 is 0. The van der Waals surface area contributed by atoms with Crippen molar-refractivity contribution in [1.29, 1.82) is 0 Å². The molecular weight excluding hydrogens is 250 g/mol. The van der Waals surface area contributed by atoms with E-state index in [9.17, 15) is 14.4 Å². The van der Waals surface area contributed by atoms with Crippen LogP contribution in [0.2, 0.25) is 0 Å². The molecule has 0 bridgehead atoms. The zero-order chi connectivity index (χ0) is 14.3. The van der Waals surface area contributed by atoms with Crippen LogP contribution in [0.1, 0.15) is 12.5 Å². The molecule has 0 unspecified atom stereocenters. The zero-order valence-electron chi connectivity index (χ0n) is 9.98. The van der Waals surface area contributed by atoms with Crippen molar-refractivity contribution in [2.45, 2.75) is 6.92 Å². The first-order valence-corrected chi connectivity index (χ1v) is 5.08. The monoisotopic (exact) mass is 261 g/mol. The Bertz CT molecular complexity index is 775. The maximum atomic E-state index is 10.9. The maximum absolute atomic E-state index is 10.9. The number of nitrogen functional groups attached to an aromatic ring is 1. The van der Waals surface area contributed by atoms with Gasteiger partial charge in [-0.2, -0.15) is 0 Å². The van der Waals surface area contributed by atoms with Crippen LogP contribution < -0.4 is 22.7 Å². The minimum Gasteiger partial charge on any atom is -0.385 e. The van der Waals surface area contributed by atoms with Crippen molar-refractivity contribution in [3.05, 3.63) is 55.3 Å². The van der Waals surface area contributed by atoms with E-state index in [2.05, 4.69) is 31.8 Å². The molecule has 2 aromatic rings. The number of hydrogen-bond acceptors (Lipinski definition) is 5. The van der Waals surface area contributed by atoms with E-state index in [1.54, 1.807) is 6.92 Å². The first-order chi connectivity index (χ1) is 9.02. The van der Waals surface area contributed by atoms with Crippen molar-refractivity contribution in [1.82, 2.24) is 19.9 Å². The largest absolute Gasteiger partial charge is 0.385 e. The normalized spacial score (nSPS) is 8.68. The lowest BCUT2D eigenvalue weighted by Gasteiger charge is -1.84. The smallest absolute Gasteiger partial charge is 0.346 e. The van der Waals surface area contributed by atoms with Crippen molar-refractivity contribution in [2.24, 2.45) is 0 Å². The van der Waals surface area contributed by atoms with Crippen molar-refractivity contribution in [3.8, 4) is 11.8 Å². The molecule has 0 radical (unpaired) electrons. The fourth-order valence-electron chi connectivity index (χ4n) is 1.02. The number of nitrogens with zero attached hydrogens (tertiary/aromatic N) is 1. The lowest BCUT2D eigenvalue weighted by atomic mass is 10.3. The Labute approximate surface area is 106 Å². The number of hydrogen-bond donors (Lipinski definition) is 4. The lowest BCUT2D eigenvalue weighted by Crippen LogP contribution is -2.23. The minimum absolute atomic E-state index is 0.270. The molecule has 0 spiro atoms. The van der Waals surface area contributed by atoms with Crippen molar-refractivity contribution < 1.29 is 0 Å². The highest BCUT2D eigenvalue weighted by Gasteiger charge is 1.92. The molecule has 2 rings (SSSR count). The summed E-state index contributed by atoms with van der Waals surface area (Å²) in [5.74, 6) is 5.43. The zero-order valence-corrected chi connectivity index (χ0v) is 9.98. The van der Waals surface area contributed by atoms with E-state index in [4.69, 9.17) is 5.73 Å². The van der Waals surface area contributed by atoms with Gasteiger partial charge in [0.2, 0.25) is 0 Å². The van der Waals surface area contributed by atoms with Gasteiger partial charge >= 0.3 is 11.4 Å². The van der Waals surface area contributed by atoms with E-state index in [1.807, 2.05) is 0 Å². The van der Waals surface area contributed by atoms with Crippen molar-refractivity contribution in [3.63, 3.8) is 0 Å². The maximum Gasteiger partial charge on any atom is 0.346 e. The second-order valence-corrected chi connectivity index (χ2v) is 3.19. The Balaban J connectivity index is 0.000000200. The highest BCUT2D eigenvalue weighted by molar-refractivity contribution is 5.28. The Morgan fingerprint density at radius 1 is 1.26 bits per heavy atom. The molecule has 19 heavy (non-hydrogen) atoms. The number of aromatic amines is 3. The van der Waals surface area contributed by atoms with Crippen LogP contribution >= 0.6 is 0 Å². The number of nitrogens with one attached hydrogen (secondary N) is 3. The molecule has 2 heterocycles. The van der Waals surface area contributed by atoms with Crippen LogP contribution in [0, 0.1) is 11.8 Å². The van der Waals surface area contributed by atoms with E-state index >= 15 is 0 Å². The number of rotatable bonds is 0. The third-order valence-corrected chi connectivity index (χ3v) is 1.78. The van der Waals surface area contributed by atoms with Gasteiger partial charge in [0.25, 0.3) is 5.56 Å². The van der Waals surface area contributed by atoms with E-state index < -0.39 is 16.9 Å². The molecule has 0 atom stereocenters. The molecule has 2 aromatic heterocycles. The summed E-state index contributed by atoms with van der Waals surface area (Å²) in [7, 11) is 0. The van der Waals surface area contributed by atoms with Gasteiger partial charge in [0.15, 0.2) is 0 Å². The third kappa shape index (κ3) is 4.74. The summed E-state index contributed by atoms with van der Waals surface area (Å²) in [6.45, 7) is 1.62. The van der Waals surface area contributed by atoms with Gasteiger partial charge in [0, 0.05) is 12.4 Å². The standard InChI is InChI=1S/C7H6N2O2.C4H5N3O/c1-2-3-5-4-8-7(11)9-6(5)10;5-3-1-2-6-4(8)7-3/h4H,1H3,(H2,8,9,10,11);1-2H,(H3,5,6,7,8). The van der Waals surface area contributed by atoms with Gasteiger partial charge in [-0.05, 0) is 13.0 Å². The quantitative estimate of drug-likeness (QED) is 0.441. The summed E-state index contributed by atoms with van der Waals surface area (Å²) in [6.07, 6.45) is 2.64. The second kappa shape index (κ2) is 6.61. The average Bonchev–Trinajstić information content (AvgIpc) is 2.33. The number of nitrogens with two attached hydrogens (primary N) is 1. The highest BCUT2D eigenvalue weighted by Crippen LogP contribution is 1.82. The van der Waals surface area contributed by atoms with Crippen LogP contribution in [-0.2, 0) is 0 Å². The summed E-state index contributed by atoms with van der Waals surface area (Å²) in [4.78, 5) is 41.6. The van der Waals surface area contributed by atoms with E-state index in [0.29, 0.717) is 5.82 Å². The molecule has 8 heteroatoms. The molecule has 0 aliphatic carbocycles. The molecule has 5 N–H and O–H groups in total. The van der Waals surface area contributed by atoms with Gasteiger partial charge in [-0.25, -0.2) is 14.6 Å². The molecule has 0 amide bonds. The second-order valence-electron chi connectivity index (χ2n) is 3.19. The van der Waals surface area contributed by atoms with Crippen molar-refractivity contribution in [2.75, 3.05) is 5.73 Å². The summed E-state index contributed by atoms with van der Waals surface area (Å²) >= 11 is 0. The molecule has 0 saturated heterocycles. The van der Waals surface area contributed by atoms with Crippen LogP contribution in [0.15, 0.2) is 32.8 Å². The van der Waals surface area contributed by atoms with Gasteiger partial charge in [-0.3, -0.25) is 14.8 Å². The first kappa shape index (κ1) is 14.0. The molecule has 0 aliphatic heterocycles. The van der Waals surface area contributed by atoms with Gasteiger partial charge in [0.1, 0.15) is 11.4 Å². The fraction of sp³-hybridized carbons (Fsp3) is 0.0909. The summed E-state index contributed by atoms with van der Waals surface area (Å²) in [5.41, 5.74) is 4.05. The molecule has 0 fully saturated rings. The van der Waals surface area contributed by atoms with Crippen LogP contribution in [0.25, 0.3) is 0 Å². The Morgan fingerprint density at radius 3 is 2.47 bits per heavy atom. The van der Waals surface area contributed by atoms with Crippen LogP contribution in [0.4, 0.5) is 5.82 Å². The van der Waals surface area contributed by atoms with Crippen LogP contribution in [0.5, 0.6) is 0 Å². The van der Waals surface area contributed by atoms with Gasteiger partial charge < -0.3 is 10.7 Å². The number of anilines is 1. The SMILES string of the molecule is CC#Cc1c[nH]c(=O)[nH]c1=O.Nc1ccnc(=O)[nH]1. The lowest BCUT2D eigenvalue weighted by molar-refractivity contribution is 1.03. The summed E-state index contributed by atoms with van der Waals surface area (Å²) in [6, 6.07) is 1.52. The topological polar surface area (TPSA) is 137 Å². The van der Waals surface area contributed by atoms with Gasteiger partial charge in [-0.15, -0.1) is 5.92 Å². The highest BCUT2D eigenvalue weighted by atomic mass is 16.2. The Morgan fingerprint density at radius 2 is 2.00 bits per heavy atom. The summed E-state index contributed by atoms with van der Waals surface area (Å²) in [5, 5.41) is 0. The van der Waals surface area contributed by atoms with E-state index in [-0.39, 0.29) is 5.56 Å². The van der Waals surface area contributed by atoms with Gasteiger partial charge in [0.05, 0.1) is 0 Å². The molecule has 98 valence electrons. The first-order valence-electron chi connectivity index (χ1n) is 5.08. The van der Waals surface area contributed by atoms with Gasteiger partial charge in [-0.1, -0.05) is 5.92 Å². The number of aromatic nitrogens is 4. The minimum atomic E-state index is -0.517. The third-order valence-electron chi connectivity index (χ3n) is 1.78. The Hall–Kier alpha value is -3.08. The average molecular weight is 261 g/mol. The van der Waals surface area contributed by atoms with E-state index in [1.165, 1.54) is 18.5 Å². The Kier molecular flexibility index (Phi) is 4.86. The van der Waals surface area contributed by atoms with Crippen molar-refractivity contribution >= 4 is 5.82 Å². The molecular formula is C11H11N5O3. The molecule has 0 aromatic carbocycles. The fourth-order valence-corrected chi connectivity index (χ4v) is 1.02.